The van der Waals surface area contributed by atoms with E-state index in [4.69, 9.17) is 5.73 Å². The molecule has 0 aromatic heterocycles. The number of nitrogens with two attached hydrogens (primary N) is 1. The number of likely N-dealkylation sites (tertiary alicyclic amines) is 1. The van der Waals surface area contributed by atoms with Crippen LogP contribution in [0.15, 0.2) is 0 Å². The molecule has 9 heteroatoms. The van der Waals surface area contributed by atoms with Crippen molar-refractivity contribution in [1.82, 2.24) is 10.2 Å². The van der Waals surface area contributed by atoms with Gasteiger partial charge in [0.15, 0.2) is 0 Å². The van der Waals surface area contributed by atoms with Gasteiger partial charge in [0.1, 0.15) is 11.6 Å². The highest BCUT2D eigenvalue weighted by molar-refractivity contribution is 6.35. The van der Waals surface area contributed by atoms with Crippen LogP contribution < -0.4 is 11.1 Å². The lowest BCUT2D eigenvalue weighted by atomic mass is 9.84. The van der Waals surface area contributed by atoms with Crippen LogP contribution in [0.5, 0.6) is 0 Å². The number of hydrogen-bond acceptors (Lipinski definition) is 3. The van der Waals surface area contributed by atoms with Crippen LogP contribution in [0.25, 0.3) is 0 Å². The fourth-order valence-corrected chi connectivity index (χ4v) is 3.53. The minimum Gasteiger partial charge on any atom is -0.368 e. The molecular formula is C15H22F3N3O3. The molecule has 6 nitrogen and oxygen atoms in total. The lowest BCUT2D eigenvalue weighted by Crippen LogP contribution is -2.60. The minimum absolute atomic E-state index is 0.0589. The Balaban J connectivity index is 2.19. The van der Waals surface area contributed by atoms with E-state index in [1.165, 1.54) is 0 Å². The van der Waals surface area contributed by atoms with Gasteiger partial charge in [0.05, 0.1) is 0 Å². The highest BCUT2D eigenvalue weighted by Crippen LogP contribution is 2.39. The first-order valence-electron chi connectivity index (χ1n) is 7.96. The van der Waals surface area contributed by atoms with E-state index in [0.29, 0.717) is 12.8 Å². The predicted molar refractivity (Wildman–Crippen MR) is 78.5 cm³/mol. The van der Waals surface area contributed by atoms with E-state index in [9.17, 15) is 27.6 Å². The van der Waals surface area contributed by atoms with Crippen molar-refractivity contribution < 1.29 is 27.6 Å². The maximum absolute atomic E-state index is 12.9. The summed E-state index contributed by atoms with van der Waals surface area (Å²) in [5, 5.41) is 1.72. The SMILES string of the molecule is CC(C)(NC(=O)C(=O)N1C(C(N)=O)CC2CCCCC21)C(F)(F)F. The highest BCUT2D eigenvalue weighted by Gasteiger charge is 2.52. The molecule has 3 atom stereocenters. The number of carbonyl (C=O) groups excluding carboxylic acids is 3. The van der Waals surface area contributed by atoms with Gasteiger partial charge >= 0.3 is 18.0 Å². The van der Waals surface area contributed by atoms with E-state index in [0.717, 1.165) is 38.0 Å². The summed E-state index contributed by atoms with van der Waals surface area (Å²) in [6, 6.07) is -1.26. The molecule has 0 bridgehead atoms. The second kappa shape index (κ2) is 6.25. The molecule has 0 aromatic rings. The first kappa shape index (κ1) is 18.5. The molecule has 3 amide bonds. The van der Waals surface area contributed by atoms with Crippen LogP contribution in [0, 0.1) is 5.92 Å². The zero-order valence-electron chi connectivity index (χ0n) is 13.7. The molecule has 3 unspecified atom stereocenters. The topological polar surface area (TPSA) is 92.5 Å². The van der Waals surface area contributed by atoms with Crippen molar-refractivity contribution in [2.24, 2.45) is 11.7 Å². The number of alkyl halides is 3. The summed E-state index contributed by atoms with van der Waals surface area (Å²) in [7, 11) is 0. The van der Waals surface area contributed by atoms with Gasteiger partial charge in [-0.3, -0.25) is 14.4 Å². The van der Waals surface area contributed by atoms with Crippen molar-refractivity contribution in [2.75, 3.05) is 0 Å². The van der Waals surface area contributed by atoms with Crippen LogP contribution in [-0.4, -0.2) is 46.4 Å². The van der Waals surface area contributed by atoms with Gasteiger partial charge in [0, 0.05) is 6.04 Å². The lowest BCUT2D eigenvalue weighted by molar-refractivity contribution is -0.189. The summed E-state index contributed by atoms with van der Waals surface area (Å²) >= 11 is 0. The van der Waals surface area contributed by atoms with Crippen LogP contribution in [0.1, 0.15) is 46.0 Å². The summed E-state index contributed by atoms with van der Waals surface area (Å²) in [5.41, 5.74) is 2.78. The lowest BCUT2D eigenvalue weighted by Gasteiger charge is -2.34. The minimum atomic E-state index is -4.70. The smallest absolute Gasteiger partial charge is 0.368 e. The van der Waals surface area contributed by atoms with Crippen molar-refractivity contribution in [1.29, 1.82) is 0 Å². The molecule has 1 saturated heterocycles. The molecular weight excluding hydrogens is 327 g/mol. The summed E-state index contributed by atoms with van der Waals surface area (Å²) in [5.74, 6) is -3.16. The number of halogens is 3. The Bertz CT molecular complexity index is 548. The molecule has 2 fully saturated rings. The number of fused-ring (bicyclic) bond motifs is 1. The van der Waals surface area contributed by atoms with Gasteiger partial charge in [-0.05, 0) is 39.0 Å². The number of rotatable bonds is 2. The van der Waals surface area contributed by atoms with Crippen molar-refractivity contribution in [2.45, 2.75) is 69.8 Å². The number of carbonyl (C=O) groups is 3. The fraction of sp³-hybridized carbons (Fsp3) is 0.800. The molecule has 1 heterocycles. The van der Waals surface area contributed by atoms with E-state index in [-0.39, 0.29) is 12.0 Å². The van der Waals surface area contributed by atoms with E-state index in [1.54, 1.807) is 5.32 Å². The van der Waals surface area contributed by atoms with E-state index in [1.807, 2.05) is 0 Å². The molecule has 2 rings (SSSR count). The molecule has 1 aliphatic heterocycles. The number of nitrogens with zero attached hydrogens (tertiary/aromatic N) is 1. The van der Waals surface area contributed by atoms with Gasteiger partial charge in [-0.25, -0.2) is 0 Å². The average molecular weight is 349 g/mol. The Hall–Kier alpha value is -1.80. The van der Waals surface area contributed by atoms with Gasteiger partial charge < -0.3 is 16.0 Å². The van der Waals surface area contributed by atoms with Gasteiger partial charge in [0.25, 0.3) is 0 Å². The van der Waals surface area contributed by atoms with Crippen LogP contribution in [-0.2, 0) is 14.4 Å². The zero-order valence-corrected chi connectivity index (χ0v) is 13.7. The first-order valence-corrected chi connectivity index (χ1v) is 7.96. The molecule has 1 saturated carbocycles. The molecule has 1 aliphatic carbocycles. The summed E-state index contributed by atoms with van der Waals surface area (Å²) < 4.78 is 38.7. The van der Waals surface area contributed by atoms with Crippen molar-refractivity contribution >= 4 is 17.7 Å². The Labute approximate surface area is 137 Å². The van der Waals surface area contributed by atoms with Crippen LogP contribution in [0.4, 0.5) is 13.2 Å². The molecule has 24 heavy (non-hydrogen) atoms. The standard InChI is InChI=1S/C15H22F3N3O3/c1-14(2,15(16,17)18)20-12(23)13(24)21-9-6-4-3-5-8(9)7-10(21)11(19)22/h8-10H,3-7H2,1-2H3,(H2,19,22)(H,20,23). The van der Waals surface area contributed by atoms with E-state index < -0.39 is 35.5 Å². The summed E-state index contributed by atoms with van der Waals surface area (Å²) in [6.45, 7) is 1.55. The number of nitrogens with one attached hydrogen (secondary N) is 1. The van der Waals surface area contributed by atoms with Crippen LogP contribution in [0.3, 0.4) is 0 Å². The zero-order chi connectivity index (χ0) is 18.3. The molecule has 2 aliphatic rings. The number of amides is 3. The van der Waals surface area contributed by atoms with Gasteiger partial charge in [-0.15, -0.1) is 0 Å². The largest absolute Gasteiger partial charge is 0.410 e. The Morgan fingerprint density at radius 2 is 1.71 bits per heavy atom. The average Bonchev–Trinajstić information content (AvgIpc) is 2.84. The Morgan fingerprint density at radius 3 is 2.25 bits per heavy atom. The van der Waals surface area contributed by atoms with Gasteiger partial charge in [0.2, 0.25) is 5.91 Å². The van der Waals surface area contributed by atoms with Crippen LogP contribution in [0.2, 0.25) is 0 Å². The third-order valence-corrected chi connectivity index (χ3v) is 4.98. The molecule has 136 valence electrons. The van der Waals surface area contributed by atoms with E-state index >= 15 is 0 Å². The maximum Gasteiger partial charge on any atom is 0.410 e. The van der Waals surface area contributed by atoms with Crippen molar-refractivity contribution in [3.63, 3.8) is 0 Å². The van der Waals surface area contributed by atoms with Gasteiger partial charge in [-0.1, -0.05) is 12.8 Å². The Kier molecular flexibility index (Phi) is 4.83. The number of primary amides is 1. The fourth-order valence-electron chi connectivity index (χ4n) is 3.53. The maximum atomic E-state index is 12.9. The Morgan fingerprint density at radius 1 is 1.12 bits per heavy atom. The van der Waals surface area contributed by atoms with Gasteiger partial charge in [-0.2, -0.15) is 13.2 Å². The quantitative estimate of drug-likeness (QED) is 0.731. The molecule has 0 radical (unpaired) electrons. The van der Waals surface area contributed by atoms with E-state index in [2.05, 4.69) is 0 Å². The molecule has 0 spiro atoms. The second-order valence-corrected chi connectivity index (χ2v) is 7.06. The first-order chi connectivity index (χ1) is 11.0. The summed E-state index contributed by atoms with van der Waals surface area (Å²) in [6.07, 6.45) is -1.11. The third kappa shape index (κ3) is 3.34. The normalized spacial score (nSPS) is 27.5. The molecule has 0 aromatic carbocycles. The van der Waals surface area contributed by atoms with Crippen LogP contribution >= 0.6 is 0 Å². The number of hydrogen-bond donors (Lipinski definition) is 2. The monoisotopic (exact) mass is 349 g/mol. The molecule has 3 N–H and O–H groups in total. The van der Waals surface area contributed by atoms with Crippen molar-refractivity contribution in [3.05, 3.63) is 0 Å². The van der Waals surface area contributed by atoms with Crippen molar-refractivity contribution in [3.8, 4) is 0 Å². The summed E-state index contributed by atoms with van der Waals surface area (Å²) in [4.78, 5) is 37.3. The highest BCUT2D eigenvalue weighted by atomic mass is 19.4. The predicted octanol–water partition coefficient (Wildman–Crippen LogP) is 1.09. The second-order valence-electron chi connectivity index (χ2n) is 7.06. The third-order valence-electron chi connectivity index (χ3n) is 4.98.